The van der Waals surface area contributed by atoms with Gasteiger partial charge in [-0.1, -0.05) is 31.2 Å². The Kier molecular flexibility index (Phi) is 10.5. The lowest BCUT2D eigenvalue weighted by Crippen LogP contribution is -2.31. The first-order chi connectivity index (χ1) is 13.0. The minimum Gasteiger partial charge on any atom is -0.370 e. The maximum absolute atomic E-state index is 12.2. The number of carbonyl (C=O) groups excluding carboxylic acids is 1. The Hall–Kier alpha value is -2.13. The number of halogens is 1. The maximum Gasteiger partial charge on any atom is 0.251 e. The van der Waals surface area contributed by atoms with Crippen molar-refractivity contribution in [1.29, 1.82) is 0 Å². The highest BCUT2D eigenvalue weighted by Crippen LogP contribution is 2.11. The third kappa shape index (κ3) is 8.26. The van der Waals surface area contributed by atoms with E-state index in [1.54, 1.807) is 6.07 Å². The maximum atomic E-state index is 12.2. The Morgan fingerprint density at radius 1 is 1.11 bits per heavy atom. The van der Waals surface area contributed by atoms with Gasteiger partial charge in [0, 0.05) is 24.3 Å². The number of hydrogen-bond donors (Lipinski definition) is 3. The van der Waals surface area contributed by atoms with E-state index in [-0.39, 0.29) is 29.9 Å². The summed E-state index contributed by atoms with van der Waals surface area (Å²) in [5.41, 5.74) is 9.71. The lowest BCUT2D eigenvalue weighted by atomic mass is 10.1. The van der Waals surface area contributed by atoms with Crippen LogP contribution in [-0.2, 0) is 13.0 Å². The van der Waals surface area contributed by atoms with E-state index in [0.29, 0.717) is 24.6 Å². The Morgan fingerprint density at radius 2 is 1.82 bits per heavy atom. The molecule has 0 aliphatic rings. The average Bonchev–Trinajstić information content (AvgIpc) is 2.66. The van der Waals surface area contributed by atoms with Gasteiger partial charge in [0.25, 0.3) is 5.91 Å². The number of amides is 1. The van der Waals surface area contributed by atoms with Crippen LogP contribution in [-0.4, -0.2) is 44.0 Å². The van der Waals surface area contributed by atoms with Crippen LogP contribution in [0.2, 0.25) is 0 Å². The van der Waals surface area contributed by atoms with Gasteiger partial charge in [0.05, 0.1) is 6.54 Å². The van der Waals surface area contributed by atoms with Crippen molar-refractivity contribution in [3.63, 3.8) is 0 Å². The summed E-state index contributed by atoms with van der Waals surface area (Å²) >= 11 is 0. The van der Waals surface area contributed by atoms with Gasteiger partial charge >= 0.3 is 0 Å². The van der Waals surface area contributed by atoms with Gasteiger partial charge in [-0.3, -0.25) is 4.79 Å². The van der Waals surface area contributed by atoms with Gasteiger partial charge in [-0.25, -0.2) is 4.99 Å². The summed E-state index contributed by atoms with van der Waals surface area (Å²) in [4.78, 5) is 18.6. The summed E-state index contributed by atoms with van der Waals surface area (Å²) in [5, 5.41) is 6.02. The molecule has 0 spiro atoms. The predicted octanol–water partition coefficient (Wildman–Crippen LogP) is 3.09. The van der Waals surface area contributed by atoms with Crippen molar-refractivity contribution >= 4 is 41.5 Å². The van der Waals surface area contributed by atoms with Crippen LogP contribution in [0.5, 0.6) is 0 Å². The van der Waals surface area contributed by atoms with Crippen LogP contribution in [0.4, 0.5) is 5.69 Å². The third-order valence-corrected chi connectivity index (χ3v) is 4.07. The molecule has 7 heteroatoms. The van der Waals surface area contributed by atoms with Crippen LogP contribution >= 0.6 is 24.0 Å². The van der Waals surface area contributed by atoms with Crippen LogP contribution in [0.3, 0.4) is 0 Å². The second-order valence-electron chi connectivity index (χ2n) is 6.64. The number of hydrogen-bond acceptors (Lipinski definition) is 3. The van der Waals surface area contributed by atoms with Crippen LogP contribution in [0.15, 0.2) is 53.5 Å². The number of anilines is 1. The summed E-state index contributed by atoms with van der Waals surface area (Å²) in [7, 11) is 3.95. The van der Waals surface area contributed by atoms with Gasteiger partial charge in [-0.2, -0.15) is 0 Å². The SMILES string of the molecule is CCc1cccc(NC(N)=NCc2cccc(C(=O)NCCN(C)C)c2)c1.I. The molecule has 0 radical (unpaired) electrons. The van der Waals surface area contributed by atoms with Gasteiger partial charge in [0.15, 0.2) is 5.96 Å². The second-order valence-corrected chi connectivity index (χ2v) is 6.64. The fraction of sp³-hybridized carbons (Fsp3) is 0.333. The molecule has 0 fully saturated rings. The summed E-state index contributed by atoms with van der Waals surface area (Å²) in [6.45, 7) is 3.93. The van der Waals surface area contributed by atoms with Crippen molar-refractivity contribution in [1.82, 2.24) is 10.2 Å². The molecular formula is C21H30IN5O. The van der Waals surface area contributed by atoms with Gasteiger partial charge in [0.2, 0.25) is 0 Å². The summed E-state index contributed by atoms with van der Waals surface area (Å²) in [5.74, 6) is 0.272. The van der Waals surface area contributed by atoms with Gasteiger partial charge in [-0.15, -0.1) is 24.0 Å². The molecule has 0 saturated heterocycles. The number of guanidine groups is 1. The van der Waals surface area contributed by atoms with E-state index in [1.807, 2.05) is 49.3 Å². The predicted molar refractivity (Wildman–Crippen MR) is 128 cm³/mol. The molecule has 6 nitrogen and oxygen atoms in total. The molecular weight excluding hydrogens is 465 g/mol. The van der Waals surface area contributed by atoms with Crippen LogP contribution in [0, 0.1) is 0 Å². The Bertz CT molecular complexity index is 792. The molecule has 0 unspecified atom stereocenters. The first-order valence-electron chi connectivity index (χ1n) is 9.15. The van der Waals surface area contributed by atoms with Crippen LogP contribution in [0.1, 0.15) is 28.4 Å². The molecule has 0 atom stereocenters. The van der Waals surface area contributed by atoms with Crippen molar-refractivity contribution in [3.8, 4) is 0 Å². The van der Waals surface area contributed by atoms with Crippen molar-refractivity contribution in [2.75, 3.05) is 32.5 Å². The number of carbonyl (C=O) groups is 1. The van der Waals surface area contributed by atoms with Crippen molar-refractivity contribution < 1.29 is 4.79 Å². The first kappa shape index (κ1) is 23.9. The van der Waals surface area contributed by atoms with E-state index >= 15 is 0 Å². The lowest BCUT2D eigenvalue weighted by Gasteiger charge is -2.11. The zero-order valence-corrected chi connectivity index (χ0v) is 19.1. The molecule has 2 rings (SSSR count). The monoisotopic (exact) mass is 495 g/mol. The molecule has 0 aliphatic heterocycles. The van der Waals surface area contributed by atoms with Gasteiger partial charge in [-0.05, 0) is 55.9 Å². The Labute approximate surface area is 184 Å². The molecule has 4 N–H and O–H groups in total. The third-order valence-electron chi connectivity index (χ3n) is 4.07. The molecule has 0 heterocycles. The fourth-order valence-corrected chi connectivity index (χ4v) is 2.54. The minimum atomic E-state index is -0.0786. The van der Waals surface area contributed by atoms with Gasteiger partial charge < -0.3 is 21.3 Å². The molecule has 0 aliphatic carbocycles. The quantitative estimate of drug-likeness (QED) is 0.299. The van der Waals surface area contributed by atoms with Gasteiger partial charge in [0.1, 0.15) is 0 Å². The average molecular weight is 495 g/mol. The minimum absolute atomic E-state index is 0. The van der Waals surface area contributed by atoms with Crippen molar-refractivity contribution in [3.05, 3.63) is 65.2 Å². The standard InChI is InChI=1S/C21H29N5O.HI/c1-4-16-7-6-10-19(14-16)25-21(22)24-15-17-8-5-9-18(13-17)20(27)23-11-12-26(2)3;/h5-10,13-14H,4,11-12,15H2,1-3H3,(H,23,27)(H3,22,24,25);1H. The molecule has 0 saturated carbocycles. The van der Waals surface area contributed by atoms with E-state index in [2.05, 4.69) is 34.7 Å². The molecule has 0 bridgehead atoms. The number of likely N-dealkylation sites (N-methyl/N-ethyl adjacent to an activating group) is 1. The fourth-order valence-electron chi connectivity index (χ4n) is 2.54. The van der Waals surface area contributed by atoms with E-state index in [9.17, 15) is 4.79 Å². The van der Waals surface area contributed by atoms with E-state index in [0.717, 1.165) is 24.2 Å². The van der Waals surface area contributed by atoms with E-state index in [4.69, 9.17) is 5.73 Å². The number of benzene rings is 2. The molecule has 2 aromatic rings. The highest BCUT2D eigenvalue weighted by molar-refractivity contribution is 14.0. The number of nitrogens with one attached hydrogen (secondary N) is 2. The zero-order chi connectivity index (χ0) is 19.6. The van der Waals surface area contributed by atoms with Crippen LogP contribution < -0.4 is 16.4 Å². The molecule has 28 heavy (non-hydrogen) atoms. The number of nitrogens with zero attached hydrogens (tertiary/aromatic N) is 2. The van der Waals surface area contributed by atoms with Crippen molar-refractivity contribution in [2.45, 2.75) is 19.9 Å². The Morgan fingerprint density at radius 3 is 2.54 bits per heavy atom. The molecule has 152 valence electrons. The number of nitrogens with two attached hydrogens (primary N) is 1. The number of rotatable bonds is 8. The topological polar surface area (TPSA) is 82.7 Å². The molecule has 0 aromatic heterocycles. The summed E-state index contributed by atoms with van der Waals surface area (Å²) in [6, 6.07) is 15.5. The largest absolute Gasteiger partial charge is 0.370 e. The first-order valence-corrected chi connectivity index (χ1v) is 9.15. The highest BCUT2D eigenvalue weighted by atomic mass is 127. The highest BCUT2D eigenvalue weighted by Gasteiger charge is 2.06. The zero-order valence-electron chi connectivity index (χ0n) is 16.7. The smallest absolute Gasteiger partial charge is 0.251 e. The summed E-state index contributed by atoms with van der Waals surface area (Å²) in [6.07, 6.45) is 0.968. The Balaban J connectivity index is 0.00000392. The van der Waals surface area contributed by atoms with Crippen LogP contribution in [0.25, 0.3) is 0 Å². The second kappa shape index (κ2) is 12.4. The number of aryl methyl sites for hydroxylation is 1. The normalized spacial score (nSPS) is 11.1. The lowest BCUT2D eigenvalue weighted by molar-refractivity contribution is 0.0951. The van der Waals surface area contributed by atoms with E-state index in [1.165, 1.54) is 5.56 Å². The number of aliphatic imine (C=N–C) groups is 1. The van der Waals surface area contributed by atoms with Crippen molar-refractivity contribution in [2.24, 2.45) is 10.7 Å². The summed E-state index contributed by atoms with van der Waals surface area (Å²) < 4.78 is 0. The molecule has 2 aromatic carbocycles. The molecule has 1 amide bonds. The van der Waals surface area contributed by atoms with E-state index < -0.39 is 0 Å².